The maximum Gasteiger partial charge on any atom is 0.268 e. The van der Waals surface area contributed by atoms with E-state index in [9.17, 15) is 9.59 Å². The molecule has 0 aliphatic heterocycles. The van der Waals surface area contributed by atoms with Crippen molar-refractivity contribution in [1.82, 2.24) is 4.57 Å². The van der Waals surface area contributed by atoms with Crippen LogP contribution in [0.3, 0.4) is 0 Å². The molecule has 1 amide bonds. The van der Waals surface area contributed by atoms with Gasteiger partial charge in [-0.15, -0.1) is 0 Å². The van der Waals surface area contributed by atoms with Crippen molar-refractivity contribution in [3.63, 3.8) is 0 Å². The fourth-order valence-corrected chi connectivity index (χ4v) is 1.56. The first-order valence-electron chi connectivity index (χ1n) is 4.86. The fraction of sp³-hybridized carbons (Fsp3) is 0.364. The van der Waals surface area contributed by atoms with E-state index >= 15 is 0 Å². The van der Waals surface area contributed by atoms with Crippen molar-refractivity contribution in [3.8, 4) is 6.07 Å². The van der Waals surface area contributed by atoms with E-state index in [2.05, 4.69) is 0 Å². The zero-order valence-corrected chi connectivity index (χ0v) is 9.28. The first-order chi connectivity index (χ1) is 7.47. The summed E-state index contributed by atoms with van der Waals surface area (Å²) in [6.45, 7) is 3.69. The van der Waals surface area contributed by atoms with Crippen LogP contribution in [0.5, 0.6) is 0 Å². The third-order valence-corrected chi connectivity index (χ3v) is 2.40. The number of hydrogen-bond acceptors (Lipinski definition) is 3. The molecule has 0 saturated carbocycles. The van der Waals surface area contributed by atoms with Crippen molar-refractivity contribution in [2.24, 2.45) is 5.73 Å². The van der Waals surface area contributed by atoms with E-state index in [-0.39, 0.29) is 24.1 Å². The SMILES string of the molecule is Cc1cc(C)n(CCC(N)=O)c(=O)c1C#N. The van der Waals surface area contributed by atoms with Gasteiger partial charge in [0.1, 0.15) is 11.6 Å². The Hall–Kier alpha value is -2.09. The predicted molar refractivity (Wildman–Crippen MR) is 58.7 cm³/mol. The number of rotatable bonds is 3. The Morgan fingerprint density at radius 1 is 1.56 bits per heavy atom. The molecule has 0 fully saturated rings. The highest BCUT2D eigenvalue weighted by Gasteiger charge is 2.10. The molecule has 0 saturated heterocycles. The summed E-state index contributed by atoms with van der Waals surface area (Å²) in [7, 11) is 0. The minimum Gasteiger partial charge on any atom is -0.370 e. The van der Waals surface area contributed by atoms with Crippen LogP contribution in [-0.2, 0) is 11.3 Å². The third-order valence-electron chi connectivity index (χ3n) is 2.40. The van der Waals surface area contributed by atoms with Gasteiger partial charge in [0.25, 0.3) is 5.56 Å². The average Bonchev–Trinajstić information content (AvgIpc) is 2.16. The van der Waals surface area contributed by atoms with Crippen molar-refractivity contribution < 1.29 is 4.79 Å². The lowest BCUT2D eigenvalue weighted by molar-refractivity contribution is -0.118. The highest BCUT2D eigenvalue weighted by molar-refractivity contribution is 5.73. The lowest BCUT2D eigenvalue weighted by Gasteiger charge is -2.10. The van der Waals surface area contributed by atoms with Gasteiger partial charge in [-0.1, -0.05) is 0 Å². The molecule has 5 nitrogen and oxygen atoms in total. The topological polar surface area (TPSA) is 88.9 Å². The summed E-state index contributed by atoms with van der Waals surface area (Å²) in [5, 5.41) is 8.84. The Bertz CT molecular complexity index is 523. The van der Waals surface area contributed by atoms with Crippen molar-refractivity contribution in [2.45, 2.75) is 26.8 Å². The van der Waals surface area contributed by atoms with Gasteiger partial charge < -0.3 is 10.3 Å². The normalized spacial score (nSPS) is 9.81. The number of hydrogen-bond donors (Lipinski definition) is 1. The summed E-state index contributed by atoms with van der Waals surface area (Å²) in [5.74, 6) is -0.467. The summed E-state index contributed by atoms with van der Waals surface area (Å²) >= 11 is 0. The summed E-state index contributed by atoms with van der Waals surface area (Å²) in [4.78, 5) is 22.5. The first kappa shape index (κ1) is 12.0. The van der Waals surface area contributed by atoms with Crippen LogP contribution in [0.4, 0.5) is 0 Å². The second-order valence-corrected chi connectivity index (χ2v) is 3.63. The lowest BCUT2D eigenvalue weighted by Crippen LogP contribution is -2.27. The van der Waals surface area contributed by atoms with Gasteiger partial charge in [-0.2, -0.15) is 5.26 Å². The molecule has 0 aliphatic carbocycles. The molecule has 16 heavy (non-hydrogen) atoms. The predicted octanol–water partition coefficient (Wildman–Crippen LogP) is 0.212. The number of aryl methyl sites for hydroxylation is 2. The standard InChI is InChI=1S/C11H13N3O2/c1-7-5-8(2)14(4-3-10(13)15)11(16)9(7)6-12/h5H,3-4H2,1-2H3,(H2,13,15). The molecule has 0 spiro atoms. The molecule has 1 heterocycles. The first-order valence-corrected chi connectivity index (χ1v) is 4.86. The van der Waals surface area contributed by atoms with E-state index in [0.717, 1.165) is 5.69 Å². The molecular formula is C11H13N3O2. The Balaban J connectivity index is 3.25. The van der Waals surface area contributed by atoms with Gasteiger partial charge in [0, 0.05) is 18.7 Å². The smallest absolute Gasteiger partial charge is 0.268 e. The Labute approximate surface area is 93.1 Å². The zero-order chi connectivity index (χ0) is 12.3. The van der Waals surface area contributed by atoms with E-state index in [1.54, 1.807) is 19.9 Å². The molecule has 2 N–H and O–H groups in total. The molecule has 1 aromatic rings. The van der Waals surface area contributed by atoms with Crippen LogP contribution in [0.1, 0.15) is 23.2 Å². The van der Waals surface area contributed by atoms with Gasteiger partial charge in [0.2, 0.25) is 5.91 Å². The Morgan fingerprint density at radius 3 is 2.69 bits per heavy atom. The Morgan fingerprint density at radius 2 is 2.19 bits per heavy atom. The van der Waals surface area contributed by atoms with E-state index in [1.165, 1.54) is 4.57 Å². The number of carbonyl (C=O) groups is 1. The zero-order valence-electron chi connectivity index (χ0n) is 9.28. The fourth-order valence-electron chi connectivity index (χ4n) is 1.56. The number of carbonyl (C=O) groups excluding carboxylic acids is 1. The van der Waals surface area contributed by atoms with Crippen LogP contribution >= 0.6 is 0 Å². The number of nitrogens with two attached hydrogens (primary N) is 1. The second-order valence-electron chi connectivity index (χ2n) is 3.63. The number of aromatic nitrogens is 1. The largest absolute Gasteiger partial charge is 0.370 e. The molecule has 0 bridgehead atoms. The molecule has 0 aliphatic rings. The highest BCUT2D eigenvalue weighted by atomic mass is 16.1. The second kappa shape index (κ2) is 4.62. The van der Waals surface area contributed by atoms with Crippen molar-refractivity contribution >= 4 is 5.91 Å². The molecule has 1 rings (SSSR count). The summed E-state index contributed by atoms with van der Waals surface area (Å²) < 4.78 is 1.40. The van der Waals surface area contributed by atoms with Gasteiger partial charge in [0.05, 0.1) is 0 Å². The van der Waals surface area contributed by atoms with Gasteiger partial charge in [0.15, 0.2) is 0 Å². The Kier molecular flexibility index (Phi) is 3.46. The van der Waals surface area contributed by atoms with Gasteiger partial charge in [-0.25, -0.2) is 0 Å². The summed E-state index contributed by atoms with van der Waals surface area (Å²) in [5.41, 5.74) is 6.16. The van der Waals surface area contributed by atoms with Crippen LogP contribution in [-0.4, -0.2) is 10.5 Å². The van der Waals surface area contributed by atoms with E-state index < -0.39 is 5.91 Å². The van der Waals surface area contributed by atoms with E-state index in [0.29, 0.717) is 5.56 Å². The molecule has 0 aromatic carbocycles. The summed E-state index contributed by atoms with van der Waals surface area (Å²) in [6.07, 6.45) is 0.0919. The number of primary amides is 1. The van der Waals surface area contributed by atoms with Crippen molar-refractivity contribution in [2.75, 3.05) is 0 Å². The third kappa shape index (κ3) is 2.28. The minimum atomic E-state index is -0.467. The lowest BCUT2D eigenvalue weighted by atomic mass is 10.1. The number of amides is 1. The van der Waals surface area contributed by atoms with Crippen molar-refractivity contribution in [1.29, 1.82) is 5.26 Å². The van der Waals surface area contributed by atoms with Crippen LogP contribution in [0, 0.1) is 25.2 Å². The van der Waals surface area contributed by atoms with Crippen LogP contribution in [0.2, 0.25) is 0 Å². The van der Waals surface area contributed by atoms with E-state index in [4.69, 9.17) is 11.0 Å². The molecule has 5 heteroatoms. The van der Waals surface area contributed by atoms with Gasteiger partial charge >= 0.3 is 0 Å². The molecule has 84 valence electrons. The highest BCUT2D eigenvalue weighted by Crippen LogP contribution is 2.05. The van der Waals surface area contributed by atoms with Crippen molar-refractivity contribution in [3.05, 3.63) is 33.2 Å². The number of nitriles is 1. The molecule has 0 atom stereocenters. The van der Waals surface area contributed by atoms with Gasteiger partial charge in [-0.3, -0.25) is 9.59 Å². The van der Waals surface area contributed by atoms with Gasteiger partial charge in [-0.05, 0) is 25.5 Å². The monoisotopic (exact) mass is 219 g/mol. The van der Waals surface area contributed by atoms with Crippen LogP contribution in [0.15, 0.2) is 10.9 Å². The van der Waals surface area contributed by atoms with Crippen LogP contribution < -0.4 is 11.3 Å². The number of pyridine rings is 1. The number of nitrogens with zero attached hydrogens (tertiary/aromatic N) is 2. The minimum absolute atomic E-state index is 0.0919. The molecular weight excluding hydrogens is 206 g/mol. The average molecular weight is 219 g/mol. The van der Waals surface area contributed by atoms with E-state index in [1.807, 2.05) is 6.07 Å². The molecule has 0 radical (unpaired) electrons. The molecule has 0 unspecified atom stereocenters. The quantitative estimate of drug-likeness (QED) is 0.788. The molecule has 1 aromatic heterocycles. The summed E-state index contributed by atoms with van der Waals surface area (Å²) in [6, 6.07) is 3.62. The maximum atomic E-state index is 11.8. The maximum absolute atomic E-state index is 11.8. The van der Waals surface area contributed by atoms with Crippen LogP contribution in [0.25, 0.3) is 0 Å².